The van der Waals surface area contributed by atoms with Crippen LogP contribution in [0.1, 0.15) is 52.1 Å². The number of esters is 1. The van der Waals surface area contributed by atoms with Gasteiger partial charge in [-0.05, 0) is 40.5 Å². The molecular formula is C14H21N3O3S. The van der Waals surface area contributed by atoms with Crippen LogP contribution >= 0.6 is 11.3 Å². The van der Waals surface area contributed by atoms with Crippen LogP contribution in [0.2, 0.25) is 0 Å². The van der Waals surface area contributed by atoms with Gasteiger partial charge in [-0.25, -0.2) is 14.6 Å². The summed E-state index contributed by atoms with van der Waals surface area (Å²) in [7, 11) is 0. The molecule has 21 heavy (non-hydrogen) atoms. The molecule has 1 aliphatic carbocycles. The molecule has 2 N–H and O–H groups in total. The Labute approximate surface area is 128 Å². The first-order valence-electron chi connectivity index (χ1n) is 7.00. The molecule has 0 aromatic carbocycles. The molecule has 1 heterocycles. The normalized spacial score (nSPS) is 16.2. The number of amides is 2. The molecule has 2 amide bonds. The third kappa shape index (κ3) is 5.00. The molecular weight excluding hydrogens is 290 g/mol. The molecule has 0 bridgehead atoms. The Morgan fingerprint density at radius 2 is 2.10 bits per heavy atom. The van der Waals surface area contributed by atoms with Crippen molar-refractivity contribution >= 4 is 28.5 Å². The zero-order valence-electron chi connectivity index (χ0n) is 12.7. The number of thiazole rings is 1. The van der Waals surface area contributed by atoms with Crippen LogP contribution < -0.4 is 10.6 Å². The highest BCUT2D eigenvalue weighted by Gasteiger charge is 2.27. The van der Waals surface area contributed by atoms with Gasteiger partial charge in [0.25, 0.3) is 0 Å². The molecule has 0 aliphatic heterocycles. The Kier molecular flexibility index (Phi) is 4.51. The lowest BCUT2D eigenvalue weighted by Gasteiger charge is -2.22. The molecule has 1 saturated carbocycles. The molecule has 1 aliphatic rings. The third-order valence-electron chi connectivity index (χ3n) is 2.85. The van der Waals surface area contributed by atoms with Crippen molar-refractivity contribution in [2.24, 2.45) is 0 Å². The van der Waals surface area contributed by atoms with E-state index in [2.05, 4.69) is 15.6 Å². The van der Waals surface area contributed by atoms with Crippen molar-refractivity contribution in [2.45, 2.75) is 58.1 Å². The highest BCUT2D eigenvalue weighted by molar-refractivity contribution is 7.13. The molecule has 0 spiro atoms. The lowest BCUT2D eigenvalue weighted by atomic mass is 10.2. The quantitative estimate of drug-likeness (QED) is 0.838. The summed E-state index contributed by atoms with van der Waals surface area (Å²) in [5, 5.41) is 7.70. The Bertz CT molecular complexity index is 532. The van der Waals surface area contributed by atoms with Gasteiger partial charge in [0.2, 0.25) is 0 Å². The average Bonchev–Trinajstić information content (AvgIpc) is 3.08. The van der Waals surface area contributed by atoms with Crippen LogP contribution in [0.4, 0.5) is 9.93 Å². The molecule has 1 fully saturated rings. The topological polar surface area (TPSA) is 80.3 Å². The standard InChI is InChI=1S/C14H21N3O3S/c1-8(11(18)20-14(2,3)4)15-12(19)17-13-16-10(7-21-13)9-5-6-9/h7-9H,5-6H2,1-4H3,(H2,15,16,17,19)/t8-/m1/s1. The summed E-state index contributed by atoms with van der Waals surface area (Å²) in [5.41, 5.74) is 0.466. The minimum absolute atomic E-state index is 0.454. The molecule has 116 valence electrons. The number of rotatable bonds is 4. The van der Waals surface area contributed by atoms with Crippen LogP contribution in [0.25, 0.3) is 0 Å². The first-order chi connectivity index (χ1) is 9.74. The number of aromatic nitrogens is 1. The molecule has 6 nitrogen and oxygen atoms in total. The zero-order valence-corrected chi connectivity index (χ0v) is 13.5. The fraction of sp³-hybridized carbons (Fsp3) is 0.643. The van der Waals surface area contributed by atoms with Crippen LogP contribution in [0.3, 0.4) is 0 Å². The number of anilines is 1. The Morgan fingerprint density at radius 1 is 1.43 bits per heavy atom. The van der Waals surface area contributed by atoms with E-state index in [9.17, 15) is 9.59 Å². The summed E-state index contributed by atoms with van der Waals surface area (Å²) in [5.74, 6) is 0.0935. The number of ether oxygens (including phenoxy) is 1. The van der Waals surface area contributed by atoms with E-state index in [4.69, 9.17) is 4.74 Å². The second-order valence-electron chi connectivity index (χ2n) is 6.21. The summed E-state index contributed by atoms with van der Waals surface area (Å²) >= 11 is 1.39. The van der Waals surface area contributed by atoms with E-state index in [1.165, 1.54) is 24.2 Å². The largest absolute Gasteiger partial charge is 0.458 e. The molecule has 0 unspecified atom stereocenters. The maximum atomic E-state index is 11.8. The van der Waals surface area contributed by atoms with Crippen molar-refractivity contribution < 1.29 is 14.3 Å². The fourth-order valence-electron chi connectivity index (χ4n) is 1.69. The second-order valence-corrected chi connectivity index (χ2v) is 7.06. The maximum absolute atomic E-state index is 11.8. The lowest BCUT2D eigenvalue weighted by molar-refractivity contribution is -0.156. The fourth-order valence-corrected chi connectivity index (χ4v) is 2.48. The monoisotopic (exact) mass is 311 g/mol. The Hall–Kier alpha value is -1.63. The van der Waals surface area contributed by atoms with E-state index in [1.54, 1.807) is 27.7 Å². The van der Waals surface area contributed by atoms with Gasteiger partial charge < -0.3 is 10.1 Å². The van der Waals surface area contributed by atoms with E-state index >= 15 is 0 Å². The van der Waals surface area contributed by atoms with Gasteiger partial charge >= 0.3 is 12.0 Å². The number of hydrogen-bond acceptors (Lipinski definition) is 5. The summed E-state index contributed by atoms with van der Waals surface area (Å²) in [6.07, 6.45) is 2.34. The van der Waals surface area contributed by atoms with Gasteiger partial charge in [0.15, 0.2) is 5.13 Å². The van der Waals surface area contributed by atoms with Gasteiger partial charge in [-0.15, -0.1) is 11.3 Å². The summed E-state index contributed by atoms with van der Waals surface area (Å²) in [6.45, 7) is 6.94. The molecule has 0 saturated heterocycles. The maximum Gasteiger partial charge on any atom is 0.328 e. The van der Waals surface area contributed by atoms with Crippen molar-refractivity contribution in [2.75, 3.05) is 5.32 Å². The van der Waals surface area contributed by atoms with Gasteiger partial charge in [0, 0.05) is 11.3 Å². The minimum Gasteiger partial charge on any atom is -0.458 e. The molecule has 1 atom stereocenters. The third-order valence-corrected chi connectivity index (χ3v) is 3.62. The van der Waals surface area contributed by atoms with Gasteiger partial charge in [0.05, 0.1) is 5.69 Å². The van der Waals surface area contributed by atoms with E-state index in [-0.39, 0.29) is 0 Å². The number of carbonyl (C=O) groups is 2. The van der Waals surface area contributed by atoms with Gasteiger partial charge in [-0.3, -0.25) is 5.32 Å². The van der Waals surface area contributed by atoms with E-state index in [1.807, 2.05) is 5.38 Å². The predicted molar refractivity (Wildman–Crippen MR) is 81.6 cm³/mol. The van der Waals surface area contributed by atoms with Crippen LogP contribution in [0.5, 0.6) is 0 Å². The summed E-state index contributed by atoms with van der Waals surface area (Å²) in [6, 6.07) is -1.17. The Morgan fingerprint density at radius 3 is 2.67 bits per heavy atom. The van der Waals surface area contributed by atoms with Gasteiger partial charge in [0.1, 0.15) is 11.6 Å². The van der Waals surface area contributed by atoms with Crippen LogP contribution in [0, 0.1) is 0 Å². The van der Waals surface area contributed by atoms with Crippen LogP contribution in [-0.2, 0) is 9.53 Å². The second kappa shape index (κ2) is 6.01. The van der Waals surface area contributed by atoms with Crippen molar-refractivity contribution in [3.8, 4) is 0 Å². The van der Waals surface area contributed by atoms with Crippen molar-refractivity contribution in [1.29, 1.82) is 0 Å². The first kappa shape index (κ1) is 15.8. The predicted octanol–water partition coefficient (Wildman–Crippen LogP) is 2.87. The van der Waals surface area contributed by atoms with Gasteiger partial charge in [-0.1, -0.05) is 0 Å². The smallest absolute Gasteiger partial charge is 0.328 e. The highest BCUT2D eigenvalue weighted by atomic mass is 32.1. The molecule has 0 radical (unpaired) electrons. The van der Waals surface area contributed by atoms with Crippen molar-refractivity contribution in [1.82, 2.24) is 10.3 Å². The van der Waals surface area contributed by atoms with Gasteiger partial charge in [-0.2, -0.15) is 0 Å². The highest BCUT2D eigenvalue weighted by Crippen LogP contribution is 2.40. The molecule has 1 aromatic heterocycles. The summed E-state index contributed by atoms with van der Waals surface area (Å²) < 4.78 is 5.20. The minimum atomic E-state index is -0.716. The number of urea groups is 1. The molecule has 1 aromatic rings. The number of hydrogen-bond donors (Lipinski definition) is 2. The van der Waals surface area contributed by atoms with E-state index in [0.717, 1.165) is 5.69 Å². The Balaban J connectivity index is 1.81. The summed E-state index contributed by atoms with van der Waals surface area (Å²) in [4.78, 5) is 27.9. The van der Waals surface area contributed by atoms with Crippen molar-refractivity contribution in [3.05, 3.63) is 11.1 Å². The average molecular weight is 311 g/mol. The SMILES string of the molecule is C[C@@H](NC(=O)Nc1nc(C2CC2)cs1)C(=O)OC(C)(C)C. The van der Waals surface area contributed by atoms with E-state index < -0.39 is 23.6 Å². The van der Waals surface area contributed by atoms with Crippen LogP contribution in [0.15, 0.2) is 5.38 Å². The number of nitrogens with zero attached hydrogens (tertiary/aromatic N) is 1. The molecule has 2 rings (SSSR count). The first-order valence-corrected chi connectivity index (χ1v) is 7.88. The zero-order chi connectivity index (χ0) is 15.6. The van der Waals surface area contributed by atoms with E-state index in [0.29, 0.717) is 11.0 Å². The van der Waals surface area contributed by atoms with Crippen LogP contribution in [-0.4, -0.2) is 28.6 Å². The number of carbonyl (C=O) groups excluding carboxylic acids is 2. The lowest BCUT2D eigenvalue weighted by Crippen LogP contribution is -2.43. The molecule has 7 heteroatoms. The van der Waals surface area contributed by atoms with Crippen molar-refractivity contribution in [3.63, 3.8) is 0 Å². The number of nitrogens with one attached hydrogen (secondary N) is 2.